The summed E-state index contributed by atoms with van der Waals surface area (Å²) < 4.78 is 24.4. The van der Waals surface area contributed by atoms with E-state index in [9.17, 15) is 8.42 Å². The van der Waals surface area contributed by atoms with Crippen LogP contribution >= 0.6 is 0 Å². The van der Waals surface area contributed by atoms with Crippen LogP contribution in [0.4, 0.5) is 5.95 Å². The predicted octanol–water partition coefficient (Wildman–Crippen LogP) is -0.462. The van der Waals surface area contributed by atoms with Gasteiger partial charge in [0.1, 0.15) is 0 Å². The van der Waals surface area contributed by atoms with Gasteiger partial charge in [0, 0.05) is 45.1 Å². The van der Waals surface area contributed by atoms with Crippen LogP contribution < -0.4 is 9.62 Å². The minimum Gasteiger partial charge on any atom is -0.338 e. The van der Waals surface area contributed by atoms with Crippen LogP contribution in [0.2, 0.25) is 0 Å². The minimum atomic E-state index is -3.07. The molecule has 1 aliphatic rings. The molecule has 2 rings (SSSR count). The molecular formula is C12H21N5O2S. The number of sulfonamides is 1. The van der Waals surface area contributed by atoms with E-state index in [2.05, 4.69) is 24.5 Å². The Hall–Kier alpha value is -1.25. The lowest BCUT2D eigenvalue weighted by molar-refractivity contribution is 0.254. The minimum absolute atomic E-state index is 0.501. The Morgan fingerprint density at radius 3 is 2.45 bits per heavy atom. The van der Waals surface area contributed by atoms with Gasteiger partial charge in [-0.2, -0.15) is 0 Å². The average molecular weight is 299 g/mol. The molecule has 7 nitrogen and oxygen atoms in total. The molecule has 0 amide bonds. The van der Waals surface area contributed by atoms with E-state index in [-0.39, 0.29) is 0 Å². The number of hydrogen-bond acceptors (Lipinski definition) is 6. The highest BCUT2D eigenvalue weighted by atomic mass is 32.2. The van der Waals surface area contributed by atoms with Gasteiger partial charge in [-0.05, 0) is 19.0 Å². The second-order valence-corrected chi connectivity index (χ2v) is 6.73. The van der Waals surface area contributed by atoms with Gasteiger partial charge in [0.05, 0.1) is 6.26 Å². The molecule has 2 heterocycles. The fourth-order valence-corrected chi connectivity index (χ4v) is 2.70. The quantitative estimate of drug-likeness (QED) is 0.716. The molecule has 1 saturated heterocycles. The van der Waals surface area contributed by atoms with Crippen molar-refractivity contribution in [2.45, 2.75) is 6.42 Å². The normalized spacial score (nSPS) is 17.4. The standard InChI is InChI=1S/C12H21N5O2S/c1-20(18,19)15-6-3-7-16-8-10-17(11-9-16)12-13-4-2-5-14-12/h2,4-5,15H,3,6-11H2,1H3. The molecule has 0 atom stereocenters. The van der Waals surface area contributed by atoms with Gasteiger partial charge in [-0.15, -0.1) is 0 Å². The van der Waals surface area contributed by atoms with Crippen molar-refractivity contribution in [3.05, 3.63) is 18.5 Å². The highest BCUT2D eigenvalue weighted by Gasteiger charge is 2.18. The first-order valence-corrected chi connectivity index (χ1v) is 8.63. The van der Waals surface area contributed by atoms with Crippen LogP contribution in [-0.4, -0.2) is 68.8 Å². The Balaban J connectivity index is 1.67. The molecular weight excluding hydrogens is 278 g/mol. The molecule has 1 N–H and O–H groups in total. The van der Waals surface area contributed by atoms with Crippen LogP contribution in [0, 0.1) is 0 Å². The average Bonchev–Trinajstić information content (AvgIpc) is 2.44. The highest BCUT2D eigenvalue weighted by molar-refractivity contribution is 7.88. The van der Waals surface area contributed by atoms with Crippen molar-refractivity contribution in [1.29, 1.82) is 0 Å². The van der Waals surface area contributed by atoms with Crippen LogP contribution in [0.15, 0.2) is 18.5 Å². The molecule has 0 radical (unpaired) electrons. The first-order chi connectivity index (χ1) is 9.54. The molecule has 8 heteroatoms. The summed E-state index contributed by atoms with van der Waals surface area (Å²) in [4.78, 5) is 13.0. The van der Waals surface area contributed by atoms with Crippen molar-refractivity contribution in [3.8, 4) is 0 Å². The molecule has 20 heavy (non-hydrogen) atoms. The number of anilines is 1. The second-order valence-electron chi connectivity index (χ2n) is 4.90. The van der Waals surface area contributed by atoms with Crippen molar-refractivity contribution in [1.82, 2.24) is 19.6 Å². The molecule has 1 aliphatic heterocycles. The molecule has 1 aromatic heterocycles. The van der Waals surface area contributed by atoms with Crippen molar-refractivity contribution < 1.29 is 8.42 Å². The smallest absolute Gasteiger partial charge is 0.225 e. The van der Waals surface area contributed by atoms with Gasteiger partial charge in [0.2, 0.25) is 16.0 Å². The van der Waals surface area contributed by atoms with Gasteiger partial charge < -0.3 is 4.90 Å². The maximum Gasteiger partial charge on any atom is 0.225 e. The number of nitrogens with zero attached hydrogens (tertiary/aromatic N) is 4. The number of nitrogens with one attached hydrogen (secondary N) is 1. The van der Waals surface area contributed by atoms with Gasteiger partial charge in [0.25, 0.3) is 0 Å². The van der Waals surface area contributed by atoms with Gasteiger partial charge >= 0.3 is 0 Å². The van der Waals surface area contributed by atoms with Crippen LogP contribution in [0.25, 0.3) is 0 Å². The Morgan fingerprint density at radius 2 is 1.85 bits per heavy atom. The first-order valence-electron chi connectivity index (χ1n) is 6.73. The first kappa shape index (κ1) is 15.1. The number of piperazine rings is 1. The molecule has 0 bridgehead atoms. The lowest BCUT2D eigenvalue weighted by Crippen LogP contribution is -2.47. The third-order valence-electron chi connectivity index (χ3n) is 3.22. The predicted molar refractivity (Wildman–Crippen MR) is 78.1 cm³/mol. The maximum absolute atomic E-state index is 10.9. The van der Waals surface area contributed by atoms with E-state index in [4.69, 9.17) is 0 Å². The summed E-state index contributed by atoms with van der Waals surface area (Å²) in [6.45, 7) is 5.13. The second kappa shape index (κ2) is 6.96. The van der Waals surface area contributed by atoms with Crippen molar-refractivity contribution in [2.75, 3.05) is 50.4 Å². The summed E-state index contributed by atoms with van der Waals surface area (Å²) in [5.74, 6) is 0.783. The zero-order valence-corrected chi connectivity index (χ0v) is 12.5. The highest BCUT2D eigenvalue weighted by Crippen LogP contribution is 2.09. The molecule has 0 unspecified atom stereocenters. The third-order valence-corrected chi connectivity index (χ3v) is 3.95. The van der Waals surface area contributed by atoms with E-state index in [1.807, 2.05) is 6.07 Å². The number of hydrogen-bond donors (Lipinski definition) is 1. The van der Waals surface area contributed by atoms with E-state index in [0.717, 1.165) is 45.1 Å². The maximum atomic E-state index is 10.9. The molecule has 0 saturated carbocycles. The number of aromatic nitrogens is 2. The topological polar surface area (TPSA) is 78.4 Å². The van der Waals surface area contributed by atoms with Gasteiger partial charge in [0.15, 0.2) is 0 Å². The summed E-state index contributed by atoms with van der Waals surface area (Å²) in [5.41, 5.74) is 0. The summed E-state index contributed by atoms with van der Waals surface area (Å²) in [7, 11) is -3.07. The van der Waals surface area contributed by atoms with Gasteiger partial charge in [-0.25, -0.2) is 23.1 Å². The van der Waals surface area contributed by atoms with E-state index in [0.29, 0.717) is 6.54 Å². The summed E-state index contributed by atoms with van der Waals surface area (Å²) in [6, 6.07) is 1.81. The molecule has 0 aliphatic carbocycles. The molecule has 1 aromatic rings. The van der Waals surface area contributed by atoms with Crippen molar-refractivity contribution in [2.24, 2.45) is 0 Å². The summed E-state index contributed by atoms with van der Waals surface area (Å²) in [5, 5.41) is 0. The lowest BCUT2D eigenvalue weighted by Gasteiger charge is -2.34. The zero-order valence-electron chi connectivity index (χ0n) is 11.7. The Bertz CT molecular complexity index is 500. The fourth-order valence-electron chi connectivity index (χ4n) is 2.19. The SMILES string of the molecule is CS(=O)(=O)NCCCN1CCN(c2ncccn2)CC1. The molecule has 1 fully saturated rings. The van der Waals surface area contributed by atoms with E-state index in [1.165, 1.54) is 6.26 Å². The van der Waals surface area contributed by atoms with Crippen LogP contribution in [0.1, 0.15) is 6.42 Å². The summed E-state index contributed by atoms with van der Waals surface area (Å²) in [6.07, 6.45) is 5.53. The monoisotopic (exact) mass is 299 g/mol. The fraction of sp³-hybridized carbons (Fsp3) is 0.667. The summed E-state index contributed by atoms with van der Waals surface area (Å²) >= 11 is 0. The van der Waals surface area contributed by atoms with Crippen LogP contribution in [-0.2, 0) is 10.0 Å². The Labute approximate surface area is 120 Å². The van der Waals surface area contributed by atoms with Gasteiger partial charge in [-0.1, -0.05) is 0 Å². The molecule has 0 aromatic carbocycles. The van der Waals surface area contributed by atoms with Crippen LogP contribution in [0.3, 0.4) is 0 Å². The van der Waals surface area contributed by atoms with Crippen molar-refractivity contribution >= 4 is 16.0 Å². The number of rotatable bonds is 6. The lowest BCUT2D eigenvalue weighted by atomic mass is 10.3. The van der Waals surface area contributed by atoms with Crippen LogP contribution in [0.5, 0.6) is 0 Å². The molecule has 0 spiro atoms. The van der Waals surface area contributed by atoms with Gasteiger partial charge in [-0.3, -0.25) is 4.90 Å². The van der Waals surface area contributed by atoms with E-state index in [1.54, 1.807) is 12.4 Å². The Morgan fingerprint density at radius 1 is 1.20 bits per heavy atom. The Kier molecular flexibility index (Phi) is 5.27. The van der Waals surface area contributed by atoms with E-state index >= 15 is 0 Å². The largest absolute Gasteiger partial charge is 0.338 e. The zero-order chi connectivity index (χ0) is 14.4. The molecule has 112 valence electrons. The van der Waals surface area contributed by atoms with Crippen molar-refractivity contribution in [3.63, 3.8) is 0 Å². The van der Waals surface area contributed by atoms with E-state index < -0.39 is 10.0 Å². The third kappa shape index (κ3) is 5.03.